The average molecular weight is 359 g/mol. The third-order valence-corrected chi connectivity index (χ3v) is 4.61. The number of para-hydroxylation sites is 1. The number of hydrogen-bond donors (Lipinski definition) is 0. The largest absolute Gasteiger partial charge is 0.467 e. The fraction of sp³-hybridized carbons (Fsp3) is 0.235. The van der Waals surface area contributed by atoms with Crippen LogP contribution in [0.5, 0.6) is 0 Å². The number of fused-ring (bicyclic) bond motifs is 1. The van der Waals surface area contributed by atoms with Gasteiger partial charge >= 0.3 is 0 Å². The molecule has 0 bridgehead atoms. The number of morpholine rings is 1. The number of rotatable bonds is 2. The Kier molecular flexibility index (Phi) is 3.60. The lowest BCUT2D eigenvalue weighted by atomic mass is 10.1. The molecule has 1 aliphatic rings. The molecule has 0 saturated carbocycles. The zero-order valence-corrected chi connectivity index (χ0v) is 13.5. The van der Waals surface area contributed by atoms with Crippen LogP contribution in [0.1, 0.15) is 11.9 Å². The smallest absolute Gasteiger partial charge is 0.134 e. The number of halogens is 1. The highest BCUT2D eigenvalue weighted by Crippen LogP contribution is 2.33. The van der Waals surface area contributed by atoms with E-state index >= 15 is 0 Å². The van der Waals surface area contributed by atoms with Crippen molar-refractivity contribution in [3.05, 3.63) is 59.1 Å². The van der Waals surface area contributed by atoms with Gasteiger partial charge in [0.25, 0.3) is 0 Å². The summed E-state index contributed by atoms with van der Waals surface area (Å²) in [5.41, 5.74) is 2.17. The molecule has 5 heteroatoms. The Balaban J connectivity index is 1.71. The first-order valence-corrected chi connectivity index (χ1v) is 8.05. The van der Waals surface area contributed by atoms with Crippen molar-refractivity contribution in [3.63, 3.8) is 0 Å². The van der Waals surface area contributed by atoms with Crippen molar-refractivity contribution in [2.75, 3.05) is 24.6 Å². The number of anilines is 1. The van der Waals surface area contributed by atoms with Crippen LogP contribution in [-0.2, 0) is 4.74 Å². The van der Waals surface area contributed by atoms with Gasteiger partial charge in [-0.05, 0) is 40.2 Å². The van der Waals surface area contributed by atoms with Gasteiger partial charge in [0.05, 0.1) is 24.9 Å². The maximum Gasteiger partial charge on any atom is 0.134 e. The van der Waals surface area contributed by atoms with Gasteiger partial charge in [-0.3, -0.25) is 4.98 Å². The number of benzene rings is 1. The number of nitrogens with zero attached hydrogens (tertiary/aromatic N) is 2. The van der Waals surface area contributed by atoms with E-state index in [1.54, 1.807) is 6.26 Å². The molecule has 1 unspecified atom stereocenters. The van der Waals surface area contributed by atoms with Gasteiger partial charge in [-0.2, -0.15) is 0 Å². The van der Waals surface area contributed by atoms with Gasteiger partial charge in [-0.15, -0.1) is 0 Å². The topological polar surface area (TPSA) is 38.5 Å². The monoisotopic (exact) mass is 358 g/mol. The minimum Gasteiger partial charge on any atom is -0.467 e. The summed E-state index contributed by atoms with van der Waals surface area (Å²) in [6.45, 7) is 2.32. The summed E-state index contributed by atoms with van der Waals surface area (Å²) < 4.78 is 12.4. The minimum atomic E-state index is -0.0286. The van der Waals surface area contributed by atoms with Crippen LogP contribution in [0.25, 0.3) is 10.9 Å². The average Bonchev–Trinajstić information content (AvgIpc) is 3.09. The van der Waals surface area contributed by atoms with E-state index in [2.05, 4.69) is 37.9 Å². The number of pyridine rings is 1. The van der Waals surface area contributed by atoms with Gasteiger partial charge in [0, 0.05) is 28.3 Å². The van der Waals surface area contributed by atoms with Crippen molar-refractivity contribution < 1.29 is 9.15 Å². The number of aromatic nitrogens is 1. The number of furan rings is 1. The van der Waals surface area contributed by atoms with Gasteiger partial charge in [0.1, 0.15) is 11.9 Å². The van der Waals surface area contributed by atoms with Crippen LogP contribution in [0.2, 0.25) is 0 Å². The molecule has 1 fully saturated rings. The Morgan fingerprint density at radius 3 is 3.00 bits per heavy atom. The van der Waals surface area contributed by atoms with Crippen molar-refractivity contribution in [3.8, 4) is 0 Å². The molecule has 0 N–H and O–H groups in total. The molecule has 0 radical (unpaired) electrons. The lowest BCUT2D eigenvalue weighted by Crippen LogP contribution is -2.38. The molecule has 0 spiro atoms. The van der Waals surface area contributed by atoms with Crippen molar-refractivity contribution in [2.45, 2.75) is 6.10 Å². The molecular formula is C17H15BrN2O2. The third kappa shape index (κ3) is 2.40. The summed E-state index contributed by atoms with van der Waals surface area (Å²) in [5.74, 6) is 0.879. The van der Waals surface area contributed by atoms with E-state index in [4.69, 9.17) is 9.15 Å². The molecule has 0 amide bonds. The maximum absolute atomic E-state index is 5.85. The predicted octanol–water partition coefficient (Wildman–Crippen LogP) is 4.17. The molecule has 112 valence electrons. The van der Waals surface area contributed by atoms with E-state index < -0.39 is 0 Å². The van der Waals surface area contributed by atoms with Crippen molar-refractivity contribution >= 4 is 32.5 Å². The van der Waals surface area contributed by atoms with Crippen LogP contribution in [-0.4, -0.2) is 24.7 Å². The molecule has 1 aliphatic heterocycles. The van der Waals surface area contributed by atoms with Gasteiger partial charge in [0.2, 0.25) is 0 Å². The summed E-state index contributed by atoms with van der Waals surface area (Å²) in [5, 5.41) is 1.15. The molecular weight excluding hydrogens is 344 g/mol. The zero-order chi connectivity index (χ0) is 14.9. The van der Waals surface area contributed by atoms with E-state index in [1.807, 2.05) is 30.5 Å². The molecule has 2 aromatic heterocycles. The molecule has 3 heterocycles. The van der Waals surface area contributed by atoms with Crippen molar-refractivity contribution in [2.24, 2.45) is 0 Å². The summed E-state index contributed by atoms with van der Waals surface area (Å²) >= 11 is 3.58. The highest BCUT2D eigenvalue weighted by Gasteiger charge is 2.25. The Morgan fingerprint density at radius 2 is 2.14 bits per heavy atom. The molecule has 1 saturated heterocycles. The zero-order valence-electron chi connectivity index (χ0n) is 11.9. The highest BCUT2D eigenvalue weighted by atomic mass is 79.9. The SMILES string of the molecule is Brc1cccc2c(N3CCOC(c4ccco4)C3)ccnc12. The van der Waals surface area contributed by atoms with E-state index in [-0.39, 0.29) is 6.10 Å². The van der Waals surface area contributed by atoms with Crippen molar-refractivity contribution in [1.29, 1.82) is 0 Å². The Labute approximate surface area is 136 Å². The van der Waals surface area contributed by atoms with Crippen LogP contribution >= 0.6 is 15.9 Å². The second kappa shape index (κ2) is 5.74. The van der Waals surface area contributed by atoms with Gasteiger partial charge in [0.15, 0.2) is 0 Å². The first-order chi connectivity index (χ1) is 10.8. The van der Waals surface area contributed by atoms with E-state index in [0.29, 0.717) is 6.61 Å². The van der Waals surface area contributed by atoms with E-state index in [1.165, 1.54) is 5.69 Å². The summed E-state index contributed by atoms with van der Waals surface area (Å²) in [6, 6.07) is 12.1. The van der Waals surface area contributed by atoms with Gasteiger partial charge < -0.3 is 14.1 Å². The Hall–Kier alpha value is -1.85. The quantitative estimate of drug-likeness (QED) is 0.689. The van der Waals surface area contributed by atoms with E-state index in [9.17, 15) is 0 Å². The van der Waals surface area contributed by atoms with E-state index in [0.717, 1.165) is 34.2 Å². The normalized spacial score (nSPS) is 18.8. The molecule has 22 heavy (non-hydrogen) atoms. The van der Waals surface area contributed by atoms with Crippen molar-refractivity contribution in [1.82, 2.24) is 4.98 Å². The van der Waals surface area contributed by atoms with Crippen LogP contribution < -0.4 is 4.90 Å². The first-order valence-electron chi connectivity index (χ1n) is 7.26. The Morgan fingerprint density at radius 1 is 1.18 bits per heavy atom. The second-order valence-electron chi connectivity index (χ2n) is 5.29. The lowest BCUT2D eigenvalue weighted by molar-refractivity contribution is 0.0258. The molecule has 4 nitrogen and oxygen atoms in total. The molecule has 1 atom stereocenters. The van der Waals surface area contributed by atoms with Crippen LogP contribution in [0, 0.1) is 0 Å². The van der Waals surface area contributed by atoms with Crippen LogP contribution in [0.4, 0.5) is 5.69 Å². The minimum absolute atomic E-state index is 0.0286. The third-order valence-electron chi connectivity index (χ3n) is 3.97. The van der Waals surface area contributed by atoms with Crippen LogP contribution in [0.15, 0.2) is 57.7 Å². The van der Waals surface area contributed by atoms with Crippen LogP contribution in [0.3, 0.4) is 0 Å². The molecule has 4 rings (SSSR count). The summed E-state index contributed by atoms with van der Waals surface area (Å²) in [6.07, 6.45) is 3.52. The summed E-state index contributed by atoms with van der Waals surface area (Å²) in [7, 11) is 0. The fourth-order valence-electron chi connectivity index (χ4n) is 2.92. The lowest BCUT2D eigenvalue weighted by Gasteiger charge is -2.34. The summed E-state index contributed by atoms with van der Waals surface area (Å²) in [4.78, 5) is 6.82. The first kappa shape index (κ1) is 13.8. The molecule has 0 aliphatic carbocycles. The second-order valence-corrected chi connectivity index (χ2v) is 6.14. The Bertz CT molecular complexity index is 788. The standard InChI is InChI=1S/C17H15BrN2O2/c18-13-4-1-3-12-14(6-7-19-17(12)13)20-8-10-22-16(11-20)15-5-2-9-21-15/h1-7,9,16H,8,10-11H2. The predicted molar refractivity (Wildman–Crippen MR) is 89.1 cm³/mol. The van der Waals surface area contributed by atoms with Gasteiger partial charge in [-0.1, -0.05) is 12.1 Å². The highest BCUT2D eigenvalue weighted by molar-refractivity contribution is 9.10. The molecule has 1 aromatic carbocycles. The molecule has 3 aromatic rings. The fourth-order valence-corrected chi connectivity index (χ4v) is 3.38. The maximum atomic E-state index is 5.85. The van der Waals surface area contributed by atoms with Gasteiger partial charge in [-0.25, -0.2) is 0 Å². The number of ether oxygens (including phenoxy) is 1. The number of hydrogen-bond acceptors (Lipinski definition) is 4.